The van der Waals surface area contributed by atoms with Crippen molar-refractivity contribution in [1.29, 1.82) is 0 Å². The Balaban J connectivity index is 1.94. The molecule has 0 fully saturated rings. The average Bonchev–Trinajstić information content (AvgIpc) is 2.42. The van der Waals surface area contributed by atoms with Crippen LogP contribution in [0.3, 0.4) is 0 Å². The molecule has 0 amide bonds. The number of pyridine rings is 1. The predicted molar refractivity (Wildman–Crippen MR) is 85.1 cm³/mol. The van der Waals surface area contributed by atoms with Crippen LogP contribution in [-0.4, -0.2) is 4.98 Å². The maximum atomic E-state index is 6.24. The summed E-state index contributed by atoms with van der Waals surface area (Å²) in [6.45, 7) is 0. The maximum absolute atomic E-state index is 6.24. The molecule has 0 N–H and O–H groups in total. The Morgan fingerprint density at radius 3 is 2.65 bits per heavy atom. The Kier molecular flexibility index (Phi) is 4.14. The normalized spacial score (nSPS) is 17.5. The van der Waals surface area contributed by atoms with Crippen LogP contribution in [0.1, 0.15) is 23.7 Å². The van der Waals surface area contributed by atoms with E-state index in [1.165, 1.54) is 0 Å². The van der Waals surface area contributed by atoms with Crippen molar-refractivity contribution >= 4 is 50.7 Å². The van der Waals surface area contributed by atoms with Crippen LogP contribution in [-0.2, 0) is 6.42 Å². The summed E-state index contributed by atoms with van der Waals surface area (Å²) in [4.78, 5) is 4.29. The summed E-state index contributed by atoms with van der Waals surface area (Å²) < 4.78 is 6.88. The van der Waals surface area contributed by atoms with Crippen molar-refractivity contribution in [3.63, 3.8) is 0 Å². The van der Waals surface area contributed by atoms with Crippen molar-refractivity contribution in [2.24, 2.45) is 0 Å². The highest BCUT2D eigenvalue weighted by atomic mass is 79.9. The molecular weight excluding hydrogens is 384 g/mol. The standard InChI is InChI=1S/C14H9BrCl3NO/c15-8-3-7-1-2-13(20-14(7)19-6-8)9-4-11(17)12(18)5-10(9)16/h3-6,13H,1-2H2. The van der Waals surface area contributed by atoms with Crippen LogP contribution < -0.4 is 4.74 Å². The van der Waals surface area contributed by atoms with Gasteiger partial charge in [0.25, 0.3) is 0 Å². The van der Waals surface area contributed by atoms with Crippen molar-refractivity contribution in [1.82, 2.24) is 4.98 Å². The fourth-order valence-electron chi connectivity index (χ4n) is 2.24. The largest absolute Gasteiger partial charge is 0.469 e. The average molecular weight is 393 g/mol. The van der Waals surface area contributed by atoms with Crippen LogP contribution in [0.15, 0.2) is 28.9 Å². The summed E-state index contributed by atoms with van der Waals surface area (Å²) >= 11 is 21.7. The zero-order chi connectivity index (χ0) is 14.3. The van der Waals surface area contributed by atoms with Crippen molar-refractivity contribution in [2.45, 2.75) is 18.9 Å². The highest BCUT2D eigenvalue weighted by Crippen LogP contribution is 2.39. The van der Waals surface area contributed by atoms with E-state index in [-0.39, 0.29) is 6.10 Å². The SMILES string of the molecule is Clc1cc(Cl)c(C2CCc3cc(Br)cnc3O2)cc1Cl. The minimum atomic E-state index is -0.154. The Labute approximate surface area is 140 Å². The minimum Gasteiger partial charge on any atom is -0.469 e. The molecule has 0 aliphatic carbocycles. The van der Waals surface area contributed by atoms with Gasteiger partial charge in [0.1, 0.15) is 6.10 Å². The Hall–Kier alpha value is -0.480. The molecule has 1 unspecified atom stereocenters. The molecule has 0 saturated carbocycles. The molecule has 1 aliphatic rings. The molecule has 0 saturated heterocycles. The molecule has 0 radical (unpaired) electrons. The van der Waals surface area contributed by atoms with Crippen molar-refractivity contribution in [3.8, 4) is 5.88 Å². The molecule has 2 aromatic rings. The molecule has 1 aliphatic heterocycles. The lowest BCUT2D eigenvalue weighted by molar-refractivity contribution is 0.168. The van der Waals surface area contributed by atoms with Crippen LogP contribution >= 0.6 is 50.7 Å². The van der Waals surface area contributed by atoms with Gasteiger partial charge in [0.15, 0.2) is 0 Å². The first-order chi connectivity index (χ1) is 9.54. The van der Waals surface area contributed by atoms with Crippen molar-refractivity contribution in [3.05, 3.63) is 55.1 Å². The van der Waals surface area contributed by atoms with Gasteiger partial charge >= 0.3 is 0 Å². The Morgan fingerprint density at radius 2 is 1.85 bits per heavy atom. The van der Waals surface area contributed by atoms with Crippen LogP contribution in [0.2, 0.25) is 15.1 Å². The van der Waals surface area contributed by atoms with Gasteiger partial charge < -0.3 is 4.74 Å². The highest BCUT2D eigenvalue weighted by molar-refractivity contribution is 9.10. The number of fused-ring (bicyclic) bond motifs is 1. The van der Waals surface area contributed by atoms with E-state index in [9.17, 15) is 0 Å². The second-order valence-electron chi connectivity index (χ2n) is 4.55. The zero-order valence-corrected chi connectivity index (χ0v) is 14.0. The molecule has 0 bridgehead atoms. The molecule has 1 atom stereocenters. The molecule has 1 aromatic heterocycles. The van der Waals surface area contributed by atoms with Gasteiger partial charge in [-0.05, 0) is 47.0 Å². The number of hydrogen-bond donors (Lipinski definition) is 0. The molecule has 2 nitrogen and oxygen atoms in total. The Bertz CT molecular complexity index is 678. The van der Waals surface area contributed by atoms with Crippen LogP contribution in [0.4, 0.5) is 0 Å². The van der Waals surface area contributed by atoms with Gasteiger partial charge in [-0.25, -0.2) is 4.98 Å². The van der Waals surface area contributed by atoms with E-state index < -0.39 is 0 Å². The fraction of sp³-hybridized carbons (Fsp3) is 0.214. The van der Waals surface area contributed by atoms with Crippen molar-refractivity contribution < 1.29 is 4.74 Å². The molecule has 104 valence electrons. The third kappa shape index (κ3) is 2.77. The smallest absolute Gasteiger partial charge is 0.217 e. The molecule has 20 heavy (non-hydrogen) atoms. The van der Waals surface area contributed by atoms with Crippen LogP contribution in [0, 0.1) is 0 Å². The topological polar surface area (TPSA) is 22.1 Å². The first-order valence-electron chi connectivity index (χ1n) is 6.00. The molecular formula is C14H9BrCl3NO. The highest BCUT2D eigenvalue weighted by Gasteiger charge is 2.25. The summed E-state index contributed by atoms with van der Waals surface area (Å²) in [5.74, 6) is 0.645. The summed E-state index contributed by atoms with van der Waals surface area (Å²) in [6, 6.07) is 5.43. The summed E-state index contributed by atoms with van der Waals surface area (Å²) in [5.41, 5.74) is 1.93. The van der Waals surface area contributed by atoms with Gasteiger partial charge in [-0.15, -0.1) is 0 Å². The van der Waals surface area contributed by atoms with Crippen molar-refractivity contribution in [2.75, 3.05) is 0 Å². The number of ether oxygens (including phenoxy) is 1. The number of aryl methyl sites for hydroxylation is 1. The number of nitrogens with zero attached hydrogens (tertiary/aromatic N) is 1. The van der Waals surface area contributed by atoms with E-state index >= 15 is 0 Å². The maximum Gasteiger partial charge on any atom is 0.217 e. The van der Waals surface area contributed by atoms with E-state index in [1.807, 2.05) is 6.07 Å². The molecule has 3 rings (SSSR count). The predicted octanol–water partition coefficient (Wildman–Crippen LogP) is 5.87. The number of halogens is 4. The Morgan fingerprint density at radius 1 is 1.10 bits per heavy atom. The molecule has 1 aromatic carbocycles. The number of benzene rings is 1. The number of hydrogen-bond acceptors (Lipinski definition) is 2. The second kappa shape index (κ2) is 5.72. The summed E-state index contributed by atoms with van der Waals surface area (Å²) in [7, 11) is 0. The molecule has 0 spiro atoms. The minimum absolute atomic E-state index is 0.154. The molecule has 6 heteroatoms. The van der Waals surface area contributed by atoms with E-state index in [0.29, 0.717) is 20.9 Å². The van der Waals surface area contributed by atoms with E-state index in [2.05, 4.69) is 20.9 Å². The first-order valence-corrected chi connectivity index (χ1v) is 7.93. The van der Waals surface area contributed by atoms with Gasteiger partial charge in [0.2, 0.25) is 5.88 Å². The number of aromatic nitrogens is 1. The lowest BCUT2D eigenvalue weighted by Crippen LogP contribution is -2.16. The quantitative estimate of drug-likeness (QED) is 0.565. The van der Waals surface area contributed by atoms with E-state index in [4.69, 9.17) is 39.5 Å². The monoisotopic (exact) mass is 391 g/mol. The lowest BCUT2D eigenvalue weighted by atomic mass is 9.99. The van der Waals surface area contributed by atoms with Gasteiger partial charge in [0, 0.05) is 26.8 Å². The summed E-state index contributed by atoms with van der Waals surface area (Å²) in [6.07, 6.45) is 3.27. The third-order valence-electron chi connectivity index (χ3n) is 3.21. The molecule has 2 heterocycles. The lowest BCUT2D eigenvalue weighted by Gasteiger charge is -2.26. The van der Waals surface area contributed by atoms with Gasteiger partial charge in [-0.1, -0.05) is 34.8 Å². The van der Waals surface area contributed by atoms with Crippen LogP contribution in [0.5, 0.6) is 5.88 Å². The second-order valence-corrected chi connectivity index (χ2v) is 6.69. The van der Waals surface area contributed by atoms with E-state index in [1.54, 1.807) is 18.3 Å². The fourth-order valence-corrected chi connectivity index (χ4v) is 3.29. The van der Waals surface area contributed by atoms with Gasteiger partial charge in [-0.2, -0.15) is 0 Å². The third-order valence-corrected chi connectivity index (χ3v) is 4.69. The van der Waals surface area contributed by atoms with Crippen LogP contribution in [0.25, 0.3) is 0 Å². The first kappa shape index (κ1) is 14.5. The zero-order valence-electron chi connectivity index (χ0n) is 10.2. The van der Waals surface area contributed by atoms with E-state index in [0.717, 1.165) is 28.4 Å². The number of rotatable bonds is 1. The van der Waals surface area contributed by atoms with Gasteiger partial charge in [0.05, 0.1) is 10.0 Å². The van der Waals surface area contributed by atoms with Gasteiger partial charge in [-0.3, -0.25) is 0 Å². The summed E-state index contributed by atoms with van der Waals surface area (Å²) in [5, 5.41) is 1.48.